The predicted octanol–water partition coefficient (Wildman–Crippen LogP) is 2.84. The van der Waals surface area contributed by atoms with Gasteiger partial charge in [-0.15, -0.1) is 0 Å². The van der Waals surface area contributed by atoms with Crippen LogP contribution < -0.4 is 5.32 Å². The summed E-state index contributed by atoms with van der Waals surface area (Å²) in [7, 11) is -1.58. The number of halogens is 1. The van der Waals surface area contributed by atoms with Crippen LogP contribution in [0.3, 0.4) is 0 Å². The number of aromatic nitrogens is 2. The van der Waals surface area contributed by atoms with Gasteiger partial charge in [-0.2, -0.15) is 4.31 Å². The highest BCUT2D eigenvalue weighted by atomic mass is 35.5. The molecule has 0 radical (unpaired) electrons. The number of rotatable bonds is 5. The van der Waals surface area contributed by atoms with Crippen molar-refractivity contribution in [3.8, 4) is 11.3 Å². The van der Waals surface area contributed by atoms with E-state index in [0.29, 0.717) is 37.0 Å². The molecule has 1 aliphatic heterocycles. The first kappa shape index (κ1) is 23.4. The number of aliphatic hydroxyl groups is 1. The van der Waals surface area contributed by atoms with Crippen molar-refractivity contribution in [1.82, 2.24) is 19.2 Å². The molecule has 8 nitrogen and oxygen atoms in total. The van der Waals surface area contributed by atoms with E-state index in [1.54, 1.807) is 24.4 Å². The molecule has 2 N–H and O–H groups in total. The molecule has 2 fully saturated rings. The average Bonchev–Trinajstić information content (AvgIpc) is 2.76. The Kier molecular flexibility index (Phi) is 6.74. The number of hydrogen-bond donors (Lipinski definition) is 2. The number of anilines is 1. The third kappa shape index (κ3) is 5.23. The van der Waals surface area contributed by atoms with E-state index in [1.165, 1.54) is 10.5 Å². The number of pyridine rings is 2. The molecular formula is C22H30ClN5O3S. The van der Waals surface area contributed by atoms with Gasteiger partial charge in [-0.25, -0.2) is 13.4 Å². The molecule has 4 rings (SSSR count). The minimum Gasteiger partial charge on any atom is -0.390 e. The van der Waals surface area contributed by atoms with Gasteiger partial charge in [0.25, 0.3) is 0 Å². The quantitative estimate of drug-likeness (QED) is 0.636. The van der Waals surface area contributed by atoms with Crippen LogP contribution in [-0.4, -0.2) is 77.6 Å². The number of nitrogens with zero attached hydrogens (tertiary/aromatic N) is 4. The van der Waals surface area contributed by atoms with Gasteiger partial charge in [-0.1, -0.05) is 11.6 Å². The number of hydrogen-bond acceptors (Lipinski definition) is 7. The molecule has 3 heterocycles. The summed E-state index contributed by atoms with van der Waals surface area (Å²) in [6.45, 7) is 4.26. The van der Waals surface area contributed by atoms with Crippen LogP contribution in [0.15, 0.2) is 35.5 Å². The minimum absolute atomic E-state index is 0.191. The second-order valence-electron chi connectivity index (χ2n) is 9.05. The Morgan fingerprint density at radius 2 is 1.81 bits per heavy atom. The molecular weight excluding hydrogens is 450 g/mol. The van der Waals surface area contributed by atoms with Gasteiger partial charge in [-0.3, -0.25) is 4.98 Å². The van der Waals surface area contributed by atoms with E-state index < -0.39 is 15.6 Å². The zero-order valence-electron chi connectivity index (χ0n) is 18.5. The van der Waals surface area contributed by atoms with E-state index in [9.17, 15) is 13.5 Å². The Hall–Kier alpha value is -1.78. The number of piperazine rings is 1. The number of sulfonamides is 1. The fourth-order valence-electron chi connectivity index (χ4n) is 4.23. The van der Waals surface area contributed by atoms with Gasteiger partial charge in [0, 0.05) is 55.9 Å². The van der Waals surface area contributed by atoms with Crippen LogP contribution in [0, 0.1) is 0 Å². The molecule has 32 heavy (non-hydrogen) atoms. The Morgan fingerprint density at radius 3 is 2.44 bits per heavy atom. The Bertz CT molecular complexity index is 1040. The third-order valence-corrected chi connectivity index (χ3v) is 8.49. The summed E-state index contributed by atoms with van der Waals surface area (Å²) >= 11 is 6.15. The van der Waals surface area contributed by atoms with Crippen molar-refractivity contribution < 1.29 is 13.5 Å². The van der Waals surface area contributed by atoms with Gasteiger partial charge in [0.05, 0.1) is 11.3 Å². The zero-order valence-corrected chi connectivity index (χ0v) is 20.0. The first-order valence-corrected chi connectivity index (χ1v) is 12.8. The van der Waals surface area contributed by atoms with Crippen molar-refractivity contribution in [2.24, 2.45) is 0 Å². The summed E-state index contributed by atoms with van der Waals surface area (Å²) in [4.78, 5) is 11.0. The van der Waals surface area contributed by atoms with Crippen LogP contribution in [0.4, 0.5) is 5.69 Å². The largest absolute Gasteiger partial charge is 0.390 e. The van der Waals surface area contributed by atoms with Crippen molar-refractivity contribution in [1.29, 1.82) is 0 Å². The van der Waals surface area contributed by atoms with Gasteiger partial charge in [0.15, 0.2) is 0 Å². The van der Waals surface area contributed by atoms with Crippen molar-refractivity contribution in [2.45, 2.75) is 49.1 Å². The highest BCUT2D eigenvalue weighted by molar-refractivity contribution is 7.89. The second kappa shape index (κ2) is 9.23. The fourth-order valence-corrected chi connectivity index (χ4v) is 5.75. The molecule has 0 amide bonds. The summed E-state index contributed by atoms with van der Waals surface area (Å²) in [5, 5.41) is 14.1. The lowest BCUT2D eigenvalue weighted by Gasteiger charge is -2.34. The van der Waals surface area contributed by atoms with Crippen LogP contribution in [0.2, 0.25) is 5.15 Å². The van der Waals surface area contributed by atoms with E-state index in [1.807, 2.05) is 14.0 Å². The molecule has 2 aromatic heterocycles. The summed E-state index contributed by atoms with van der Waals surface area (Å²) < 4.78 is 27.5. The first-order valence-electron chi connectivity index (χ1n) is 10.9. The van der Waals surface area contributed by atoms with Crippen molar-refractivity contribution in [3.63, 3.8) is 0 Å². The smallest absolute Gasteiger partial charge is 0.244 e. The lowest BCUT2D eigenvalue weighted by Crippen LogP contribution is -2.47. The van der Waals surface area contributed by atoms with Crippen LogP contribution >= 0.6 is 11.6 Å². The highest BCUT2D eigenvalue weighted by Crippen LogP contribution is 2.33. The topological polar surface area (TPSA) is 98.7 Å². The maximum absolute atomic E-state index is 13.0. The monoisotopic (exact) mass is 479 g/mol. The van der Waals surface area contributed by atoms with E-state index in [0.717, 1.165) is 36.9 Å². The summed E-state index contributed by atoms with van der Waals surface area (Å²) in [6, 6.07) is 5.29. The fraction of sp³-hybridized carbons (Fsp3) is 0.545. The first-order chi connectivity index (χ1) is 15.1. The maximum atomic E-state index is 13.0. The van der Waals surface area contributed by atoms with E-state index in [4.69, 9.17) is 11.6 Å². The molecule has 2 aromatic rings. The van der Waals surface area contributed by atoms with Gasteiger partial charge in [-0.05, 0) is 57.9 Å². The predicted molar refractivity (Wildman–Crippen MR) is 125 cm³/mol. The summed E-state index contributed by atoms with van der Waals surface area (Å²) in [5.41, 5.74) is 1.58. The molecule has 2 aliphatic rings. The van der Waals surface area contributed by atoms with Crippen molar-refractivity contribution in [2.75, 3.05) is 38.5 Å². The van der Waals surface area contributed by atoms with Gasteiger partial charge in [0.2, 0.25) is 10.0 Å². The molecule has 1 aliphatic carbocycles. The molecule has 1 saturated heterocycles. The lowest BCUT2D eigenvalue weighted by atomic mass is 9.83. The molecule has 0 spiro atoms. The van der Waals surface area contributed by atoms with Crippen LogP contribution in [0.25, 0.3) is 11.3 Å². The molecule has 0 atom stereocenters. The highest BCUT2D eigenvalue weighted by Gasteiger charge is 2.30. The maximum Gasteiger partial charge on any atom is 0.244 e. The van der Waals surface area contributed by atoms with Crippen LogP contribution in [0.1, 0.15) is 32.6 Å². The lowest BCUT2D eigenvalue weighted by molar-refractivity contribution is 0.0196. The number of nitrogens with one attached hydrogen (secondary N) is 1. The van der Waals surface area contributed by atoms with Crippen molar-refractivity contribution >= 4 is 27.3 Å². The van der Waals surface area contributed by atoms with E-state index >= 15 is 0 Å². The second-order valence-corrected chi connectivity index (χ2v) is 11.4. The molecule has 0 unspecified atom stereocenters. The molecule has 1 saturated carbocycles. The molecule has 0 aromatic carbocycles. The van der Waals surface area contributed by atoms with E-state index in [-0.39, 0.29) is 10.9 Å². The Balaban J connectivity index is 1.54. The van der Waals surface area contributed by atoms with Crippen LogP contribution in [-0.2, 0) is 10.0 Å². The SMILES string of the molecule is CN1CCN(S(=O)(=O)c2ccc(-c3cnc(Cl)cc3NC3CCC(C)(O)CC3)nc2)CC1. The molecule has 174 valence electrons. The zero-order chi connectivity index (χ0) is 22.9. The summed E-state index contributed by atoms with van der Waals surface area (Å²) in [5.74, 6) is 0. The Labute approximate surface area is 194 Å². The van der Waals surface area contributed by atoms with Crippen LogP contribution in [0.5, 0.6) is 0 Å². The van der Waals surface area contributed by atoms with Gasteiger partial charge in [0.1, 0.15) is 10.0 Å². The third-order valence-electron chi connectivity index (χ3n) is 6.41. The van der Waals surface area contributed by atoms with Gasteiger partial charge >= 0.3 is 0 Å². The standard InChI is InChI=1S/C22H30ClN5O3S/c1-22(29)7-5-16(6-8-22)26-20-13-21(23)25-15-18(20)19-4-3-17(14-24-19)32(30,31)28-11-9-27(2)10-12-28/h3-4,13-16,29H,5-12H2,1-2H3,(H,25,26). The minimum atomic E-state index is -3.57. The number of likely N-dealkylation sites (N-methyl/N-ethyl adjacent to an activating group) is 1. The normalized spacial score (nSPS) is 25.6. The summed E-state index contributed by atoms with van der Waals surface area (Å²) in [6.07, 6.45) is 6.23. The Morgan fingerprint density at radius 1 is 1.12 bits per heavy atom. The molecule has 0 bridgehead atoms. The molecule has 10 heteroatoms. The van der Waals surface area contributed by atoms with Crippen molar-refractivity contribution in [3.05, 3.63) is 35.7 Å². The van der Waals surface area contributed by atoms with E-state index in [2.05, 4.69) is 20.2 Å². The average molecular weight is 480 g/mol. The van der Waals surface area contributed by atoms with Gasteiger partial charge < -0.3 is 15.3 Å².